The Morgan fingerprint density at radius 2 is 1.63 bits per heavy atom. The summed E-state index contributed by atoms with van der Waals surface area (Å²) in [5, 5.41) is 0. The van der Waals surface area contributed by atoms with Gasteiger partial charge in [-0.3, -0.25) is 4.79 Å². The first-order valence-corrected chi connectivity index (χ1v) is 14.1. The van der Waals surface area contributed by atoms with Crippen LogP contribution in [0.25, 0.3) is 0 Å². The molecule has 1 amide bonds. The predicted octanol–water partition coefficient (Wildman–Crippen LogP) is 5.79. The topological polar surface area (TPSA) is 63.7 Å². The number of carbonyl (C=O) groups excluding carboxylic acids is 1. The molecule has 0 spiro atoms. The minimum Gasteiger partial charge on any atom is -0.379 e. The van der Waals surface area contributed by atoms with Gasteiger partial charge >= 0.3 is 10.1 Å². The molecular formula is C28H34FNO4S. The Bertz CT molecular complexity index is 1160. The molecule has 4 saturated carbocycles. The summed E-state index contributed by atoms with van der Waals surface area (Å²) in [6.07, 6.45) is 6.93. The maximum atomic E-state index is 14.0. The van der Waals surface area contributed by atoms with E-state index in [-0.39, 0.29) is 22.0 Å². The molecule has 4 bridgehead atoms. The molecule has 4 aliphatic rings. The summed E-state index contributed by atoms with van der Waals surface area (Å²) in [7, 11) is -4.09. The zero-order chi connectivity index (χ0) is 24.8. The third-order valence-corrected chi connectivity index (χ3v) is 9.21. The smallest absolute Gasteiger partial charge is 0.339 e. The van der Waals surface area contributed by atoms with Crippen molar-refractivity contribution in [3.63, 3.8) is 0 Å². The summed E-state index contributed by atoms with van der Waals surface area (Å²) in [5.41, 5.74) is 0.611. The van der Waals surface area contributed by atoms with Crippen LogP contribution in [0.1, 0.15) is 57.9 Å². The third kappa shape index (κ3) is 5.11. The molecule has 0 aromatic heterocycles. The second-order valence-electron chi connectivity index (χ2n) is 11.4. The molecule has 0 radical (unpaired) electrons. The van der Waals surface area contributed by atoms with Gasteiger partial charge in [0.25, 0.3) is 0 Å². The number of hydrogen-bond donors (Lipinski definition) is 0. The van der Waals surface area contributed by atoms with Crippen molar-refractivity contribution in [3.05, 3.63) is 59.9 Å². The molecule has 4 aliphatic carbocycles. The van der Waals surface area contributed by atoms with Crippen molar-refractivity contribution in [1.82, 2.24) is 4.90 Å². The molecular weight excluding hydrogens is 465 g/mol. The largest absolute Gasteiger partial charge is 0.379 e. The van der Waals surface area contributed by atoms with Crippen LogP contribution in [-0.2, 0) is 21.5 Å². The van der Waals surface area contributed by atoms with Crippen LogP contribution in [0.15, 0.2) is 53.4 Å². The molecule has 0 heterocycles. The van der Waals surface area contributed by atoms with Crippen molar-refractivity contribution in [3.8, 4) is 5.75 Å². The lowest BCUT2D eigenvalue weighted by molar-refractivity contribution is -0.159. The average Bonchev–Trinajstić information content (AvgIpc) is 2.77. The van der Waals surface area contributed by atoms with Gasteiger partial charge in [-0.1, -0.05) is 26.0 Å². The quantitative estimate of drug-likeness (QED) is 0.431. The normalized spacial score (nSPS) is 27.3. The van der Waals surface area contributed by atoms with E-state index >= 15 is 0 Å². The Balaban J connectivity index is 1.35. The van der Waals surface area contributed by atoms with E-state index in [4.69, 9.17) is 4.18 Å². The molecule has 0 aliphatic heterocycles. The minimum atomic E-state index is -4.09. The zero-order valence-corrected chi connectivity index (χ0v) is 21.3. The highest BCUT2D eigenvalue weighted by molar-refractivity contribution is 7.87. The van der Waals surface area contributed by atoms with Gasteiger partial charge in [0.15, 0.2) is 0 Å². The Morgan fingerprint density at radius 1 is 1.03 bits per heavy atom. The van der Waals surface area contributed by atoms with E-state index in [1.807, 2.05) is 11.0 Å². The predicted molar refractivity (Wildman–Crippen MR) is 132 cm³/mol. The summed E-state index contributed by atoms with van der Waals surface area (Å²) < 4.78 is 43.8. The maximum Gasteiger partial charge on any atom is 0.339 e. The second kappa shape index (κ2) is 9.23. The fraction of sp³-hybridized carbons (Fsp3) is 0.536. The second-order valence-corrected chi connectivity index (χ2v) is 13.0. The fourth-order valence-corrected chi connectivity index (χ4v) is 7.98. The van der Waals surface area contributed by atoms with Crippen LogP contribution in [0.5, 0.6) is 5.75 Å². The molecule has 6 rings (SSSR count). The van der Waals surface area contributed by atoms with Crippen LogP contribution in [-0.4, -0.2) is 25.8 Å². The van der Waals surface area contributed by atoms with Crippen LogP contribution < -0.4 is 4.18 Å². The van der Waals surface area contributed by atoms with Gasteiger partial charge in [-0.05, 0) is 104 Å². The highest BCUT2D eigenvalue weighted by Gasteiger charge is 2.55. The van der Waals surface area contributed by atoms with Gasteiger partial charge < -0.3 is 9.08 Å². The van der Waals surface area contributed by atoms with Crippen molar-refractivity contribution in [1.29, 1.82) is 0 Å². The van der Waals surface area contributed by atoms with E-state index < -0.39 is 15.9 Å². The molecule has 0 unspecified atom stereocenters. The SMILES string of the molecule is CC(C)CN(Cc1cccc(OS(=O)(=O)c2ccc(F)cc2)c1)C(=O)C12CC3CC(CC(C3)C1)C2. The van der Waals surface area contributed by atoms with Crippen LogP contribution in [0, 0.1) is 34.9 Å². The summed E-state index contributed by atoms with van der Waals surface area (Å²) in [4.78, 5) is 15.9. The number of nitrogens with zero attached hydrogens (tertiary/aromatic N) is 1. The van der Waals surface area contributed by atoms with Crippen LogP contribution in [0.4, 0.5) is 4.39 Å². The van der Waals surface area contributed by atoms with Crippen molar-refractivity contribution in [2.45, 2.75) is 63.8 Å². The van der Waals surface area contributed by atoms with Crippen LogP contribution >= 0.6 is 0 Å². The van der Waals surface area contributed by atoms with Crippen molar-refractivity contribution in [2.24, 2.45) is 29.1 Å². The van der Waals surface area contributed by atoms with Crippen molar-refractivity contribution in [2.75, 3.05) is 6.54 Å². The molecule has 2 aromatic rings. The monoisotopic (exact) mass is 499 g/mol. The first kappa shape index (κ1) is 24.3. The van der Waals surface area contributed by atoms with Gasteiger partial charge in [0, 0.05) is 13.1 Å². The summed E-state index contributed by atoms with van der Waals surface area (Å²) in [6.45, 7) is 5.33. The van der Waals surface area contributed by atoms with E-state index in [2.05, 4.69) is 13.8 Å². The molecule has 7 heteroatoms. The van der Waals surface area contributed by atoms with E-state index in [9.17, 15) is 17.6 Å². The third-order valence-electron chi connectivity index (χ3n) is 7.94. The van der Waals surface area contributed by atoms with Crippen molar-refractivity contribution >= 4 is 16.0 Å². The summed E-state index contributed by atoms with van der Waals surface area (Å²) in [5.74, 6) is 2.35. The van der Waals surface area contributed by atoms with E-state index in [1.54, 1.807) is 18.2 Å². The first-order valence-electron chi connectivity index (χ1n) is 12.7. The maximum absolute atomic E-state index is 14.0. The Morgan fingerprint density at radius 3 is 2.20 bits per heavy atom. The lowest BCUT2D eigenvalue weighted by atomic mass is 9.49. The van der Waals surface area contributed by atoms with Gasteiger partial charge in [-0.15, -0.1) is 0 Å². The number of rotatable bonds is 8. The van der Waals surface area contributed by atoms with Crippen LogP contribution in [0.2, 0.25) is 0 Å². The molecule has 0 atom stereocenters. The van der Waals surface area contributed by atoms with Gasteiger partial charge in [0.1, 0.15) is 16.5 Å². The molecule has 4 fully saturated rings. The van der Waals surface area contributed by atoms with Crippen LogP contribution in [0.3, 0.4) is 0 Å². The Labute approximate surface area is 207 Å². The fourth-order valence-electron chi connectivity index (χ4n) is 7.06. The lowest BCUT2D eigenvalue weighted by Gasteiger charge is -2.56. The number of benzene rings is 2. The van der Waals surface area contributed by atoms with Crippen molar-refractivity contribution < 1.29 is 21.8 Å². The van der Waals surface area contributed by atoms with E-state index in [1.165, 1.54) is 31.4 Å². The Hall–Kier alpha value is -2.41. The highest BCUT2D eigenvalue weighted by Crippen LogP contribution is 2.60. The lowest BCUT2D eigenvalue weighted by Crippen LogP contribution is -2.54. The van der Waals surface area contributed by atoms with Gasteiger partial charge in [-0.25, -0.2) is 4.39 Å². The molecule has 0 N–H and O–H groups in total. The minimum absolute atomic E-state index is 0.109. The van der Waals surface area contributed by atoms with Gasteiger partial charge in [0.05, 0.1) is 5.41 Å². The molecule has 35 heavy (non-hydrogen) atoms. The van der Waals surface area contributed by atoms with E-state index in [0.717, 1.165) is 37.0 Å². The number of carbonyl (C=O) groups is 1. The zero-order valence-electron chi connectivity index (χ0n) is 20.5. The highest BCUT2D eigenvalue weighted by atomic mass is 32.2. The number of halogens is 1. The van der Waals surface area contributed by atoms with Gasteiger partial charge in [-0.2, -0.15) is 8.42 Å². The average molecular weight is 500 g/mol. The number of amides is 1. The first-order chi connectivity index (χ1) is 16.6. The summed E-state index contributed by atoms with van der Waals surface area (Å²) in [6, 6.07) is 11.5. The standard InChI is InChI=1S/C28H34FNO4S/c1-19(2)17-30(27(31)28-14-21-10-22(15-28)12-23(11-21)16-28)18-20-4-3-5-25(13-20)34-35(32,33)26-8-6-24(29)7-9-26/h3-9,13,19,21-23H,10-12,14-18H2,1-2H3. The Kier molecular flexibility index (Phi) is 6.41. The molecule has 2 aromatic carbocycles. The van der Waals surface area contributed by atoms with Gasteiger partial charge in [0.2, 0.25) is 5.91 Å². The van der Waals surface area contributed by atoms with E-state index in [0.29, 0.717) is 36.8 Å². The summed E-state index contributed by atoms with van der Waals surface area (Å²) >= 11 is 0. The molecule has 188 valence electrons. The molecule has 0 saturated heterocycles. The molecule has 5 nitrogen and oxygen atoms in total. The number of hydrogen-bond acceptors (Lipinski definition) is 4.